The molecule has 0 amide bonds. The second-order valence-corrected chi connectivity index (χ2v) is 5.11. The number of methoxy groups -OCH3 is 1. The van der Waals surface area contributed by atoms with E-state index < -0.39 is 0 Å². The molecule has 2 heterocycles. The fourth-order valence-corrected chi connectivity index (χ4v) is 2.66. The number of nitrogens with two attached hydrogens (primary N) is 1. The lowest BCUT2D eigenvalue weighted by atomic mass is 10.1. The average Bonchev–Trinajstić information content (AvgIpc) is 2.72. The highest BCUT2D eigenvalue weighted by molar-refractivity contribution is 9.10. The van der Waals surface area contributed by atoms with Gasteiger partial charge < -0.3 is 24.5 Å². The Kier molecular flexibility index (Phi) is 3.43. The number of hydrogen-bond acceptors (Lipinski definition) is 6. The molecule has 2 aromatic rings. The van der Waals surface area contributed by atoms with E-state index in [-0.39, 0.29) is 0 Å². The molecule has 3 rings (SSSR count). The number of aromatic nitrogens is 1. The Hall–Kier alpha value is -1.89. The molecule has 6 nitrogen and oxygen atoms in total. The van der Waals surface area contributed by atoms with Gasteiger partial charge >= 0.3 is 0 Å². The van der Waals surface area contributed by atoms with E-state index in [0.29, 0.717) is 47.6 Å². The number of halogens is 1. The Balaban J connectivity index is 2.26. The lowest BCUT2D eigenvalue weighted by Gasteiger charge is -2.15. The topological polar surface area (TPSA) is 79.7 Å². The molecule has 0 bridgehead atoms. The van der Waals surface area contributed by atoms with Gasteiger partial charge in [-0.1, -0.05) is 5.16 Å². The van der Waals surface area contributed by atoms with E-state index in [2.05, 4.69) is 21.1 Å². The van der Waals surface area contributed by atoms with Gasteiger partial charge in [-0.25, -0.2) is 0 Å². The zero-order valence-electron chi connectivity index (χ0n) is 10.8. The Labute approximate surface area is 123 Å². The molecule has 0 fully saturated rings. The maximum absolute atomic E-state index is 5.79. The molecule has 0 saturated heterocycles. The van der Waals surface area contributed by atoms with Crippen LogP contribution in [0.25, 0.3) is 11.3 Å². The predicted octanol–water partition coefficient (Wildman–Crippen LogP) is 2.86. The van der Waals surface area contributed by atoms with E-state index in [4.69, 9.17) is 24.5 Å². The first-order valence-electron chi connectivity index (χ1n) is 6.09. The number of fused-ring (bicyclic) bond motifs is 1. The van der Waals surface area contributed by atoms with Crippen LogP contribution in [-0.4, -0.2) is 25.5 Å². The van der Waals surface area contributed by atoms with Gasteiger partial charge in [-0.2, -0.15) is 0 Å². The molecule has 0 aliphatic carbocycles. The van der Waals surface area contributed by atoms with Crippen molar-refractivity contribution in [3.05, 3.63) is 16.6 Å². The summed E-state index contributed by atoms with van der Waals surface area (Å²) < 4.78 is 22.9. The van der Waals surface area contributed by atoms with E-state index in [0.717, 1.165) is 10.9 Å². The zero-order chi connectivity index (χ0) is 14.1. The molecular formula is C13H13BrN2O4. The van der Waals surface area contributed by atoms with E-state index in [1.54, 1.807) is 13.2 Å². The molecule has 1 aliphatic rings. The number of nitrogens with zero attached hydrogens (tertiary/aromatic N) is 1. The Morgan fingerprint density at radius 3 is 2.80 bits per heavy atom. The SMILES string of the molecule is COc1c(Br)cc2c(c1-c1cc(N)no1)OCCCO2. The maximum Gasteiger partial charge on any atom is 0.176 e. The van der Waals surface area contributed by atoms with Crippen LogP contribution in [0, 0.1) is 0 Å². The molecule has 1 aromatic carbocycles. The van der Waals surface area contributed by atoms with Gasteiger partial charge in [-0.3, -0.25) is 0 Å². The molecule has 7 heteroatoms. The van der Waals surface area contributed by atoms with Gasteiger partial charge in [0.2, 0.25) is 0 Å². The van der Waals surface area contributed by atoms with Crippen molar-refractivity contribution in [2.45, 2.75) is 6.42 Å². The number of anilines is 1. The number of rotatable bonds is 2. The third-order valence-electron chi connectivity index (χ3n) is 2.92. The number of benzene rings is 1. The normalized spacial score (nSPS) is 13.9. The molecule has 0 radical (unpaired) electrons. The van der Waals surface area contributed by atoms with Crippen LogP contribution in [0.5, 0.6) is 17.2 Å². The largest absolute Gasteiger partial charge is 0.495 e. The molecule has 106 valence electrons. The molecule has 0 spiro atoms. The van der Waals surface area contributed by atoms with Crippen molar-refractivity contribution in [1.82, 2.24) is 5.16 Å². The van der Waals surface area contributed by atoms with Crippen LogP contribution in [0.15, 0.2) is 21.1 Å². The van der Waals surface area contributed by atoms with Crippen LogP contribution >= 0.6 is 15.9 Å². The molecule has 0 saturated carbocycles. The van der Waals surface area contributed by atoms with E-state index in [1.165, 1.54) is 0 Å². The van der Waals surface area contributed by atoms with Crippen LogP contribution < -0.4 is 19.9 Å². The van der Waals surface area contributed by atoms with Crippen molar-refractivity contribution >= 4 is 21.7 Å². The molecule has 1 aliphatic heterocycles. The first-order valence-corrected chi connectivity index (χ1v) is 6.88. The second-order valence-electron chi connectivity index (χ2n) is 4.26. The van der Waals surface area contributed by atoms with Crippen molar-refractivity contribution in [2.75, 3.05) is 26.1 Å². The number of nitrogen functional groups attached to an aromatic ring is 1. The van der Waals surface area contributed by atoms with Crippen LogP contribution in [0.2, 0.25) is 0 Å². The summed E-state index contributed by atoms with van der Waals surface area (Å²) in [5.74, 6) is 2.58. The van der Waals surface area contributed by atoms with Gasteiger partial charge in [0.15, 0.2) is 23.1 Å². The third kappa shape index (κ3) is 2.18. The monoisotopic (exact) mass is 340 g/mol. The summed E-state index contributed by atoms with van der Waals surface area (Å²) >= 11 is 3.46. The van der Waals surface area contributed by atoms with Crippen molar-refractivity contribution in [3.8, 4) is 28.6 Å². The van der Waals surface area contributed by atoms with Crippen molar-refractivity contribution < 1.29 is 18.7 Å². The summed E-state index contributed by atoms with van der Waals surface area (Å²) in [6.45, 7) is 1.16. The highest BCUT2D eigenvalue weighted by atomic mass is 79.9. The minimum Gasteiger partial charge on any atom is -0.495 e. The minimum atomic E-state index is 0.297. The lowest BCUT2D eigenvalue weighted by molar-refractivity contribution is 0.296. The lowest BCUT2D eigenvalue weighted by Crippen LogP contribution is -1.98. The molecular weight excluding hydrogens is 328 g/mol. The summed E-state index contributed by atoms with van der Waals surface area (Å²) in [6, 6.07) is 3.45. The van der Waals surface area contributed by atoms with Gasteiger partial charge in [-0.15, -0.1) is 0 Å². The van der Waals surface area contributed by atoms with Crippen molar-refractivity contribution in [2.24, 2.45) is 0 Å². The second kappa shape index (κ2) is 5.24. The highest BCUT2D eigenvalue weighted by Crippen LogP contribution is 2.49. The minimum absolute atomic E-state index is 0.297. The molecule has 1 aromatic heterocycles. The van der Waals surface area contributed by atoms with Gasteiger partial charge in [0, 0.05) is 18.6 Å². The molecule has 2 N–H and O–H groups in total. The molecule has 20 heavy (non-hydrogen) atoms. The van der Waals surface area contributed by atoms with Crippen molar-refractivity contribution in [3.63, 3.8) is 0 Å². The first kappa shape index (κ1) is 13.1. The predicted molar refractivity (Wildman–Crippen MR) is 76.2 cm³/mol. The first-order chi connectivity index (χ1) is 9.70. The Bertz CT molecular complexity index is 642. The fraction of sp³-hybridized carbons (Fsp3) is 0.308. The zero-order valence-corrected chi connectivity index (χ0v) is 12.4. The van der Waals surface area contributed by atoms with E-state index in [9.17, 15) is 0 Å². The summed E-state index contributed by atoms with van der Waals surface area (Å²) in [6.07, 6.45) is 0.812. The quantitative estimate of drug-likeness (QED) is 0.905. The van der Waals surface area contributed by atoms with E-state index in [1.807, 2.05) is 6.07 Å². The van der Waals surface area contributed by atoms with Crippen LogP contribution in [-0.2, 0) is 0 Å². The molecule has 0 atom stereocenters. The van der Waals surface area contributed by atoms with Gasteiger partial charge in [0.1, 0.15) is 11.3 Å². The van der Waals surface area contributed by atoms with Crippen molar-refractivity contribution in [1.29, 1.82) is 0 Å². The number of hydrogen-bond donors (Lipinski definition) is 1. The van der Waals surface area contributed by atoms with Gasteiger partial charge in [0.25, 0.3) is 0 Å². The maximum atomic E-state index is 5.79. The number of ether oxygens (including phenoxy) is 3. The highest BCUT2D eigenvalue weighted by Gasteiger charge is 2.26. The van der Waals surface area contributed by atoms with Crippen LogP contribution in [0.4, 0.5) is 5.82 Å². The molecule has 0 unspecified atom stereocenters. The summed E-state index contributed by atoms with van der Waals surface area (Å²) in [4.78, 5) is 0. The van der Waals surface area contributed by atoms with Crippen LogP contribution in [0.3, 0.4) is 0 Å². The average molecular weight is 341 g/mol. The summed E-state index contributed by atoms with van der Waals surface area (Å²) in [5, 5.41) is 3.71. The summed E-state index contributed by atoms with van der Waals surface area (Å²) in [7, 11) is 1.58. The Morgan fingerprint density at radius 2 is 2.10 bits per heavy atom. The van der Waals surface area contributed by atoms with Gasteiger partial charge in [-0.05, 0) is 15.9 Å². The fourth-order valence-electron chi connectivity index (χ4n) is 2.09. The third-order valence-corrected chi connectivity index (χ3v) is 3.51. The summed E-state index contributed by atoms with van der Waals surface area (Å²) in [5.41, 5.74) is 6.26. The van der Waals surface area contributed by atoms with Crippen LogP contribution in [0.1, 0.15) is 6.42 Å². The Morgan fingerprint density at radius 1 is 1.30 bits per heavy atom. The van der Waals surface area contributed by atoms with Gasteiger partial charge in [0.05, 0.1) is 24.8 Å². The standard InChI is InChI=1S/C13H13BrN2O4/c1-17-12-7(14)5-9-13(19-4-2-3-18-9)11(12)8-6-10(15)16-20-8/h5-6H,2-4H2,1H3,(H2,15,16). The van der Waals surface area contributed by atoms with E-state index >= 15 is 0 Å². The smallest absolute Gasteiger partial charge is 0.176 e.